The van der Waals surface area contributed by atoms with Crippen molar-refractivity contribution in [2.24, 2.45) is 0 Å². The van der Waals surface area contributed by atoms with Crippen molar-refractivity contribution in [1.29, 1.82) is 0 Å². The van der Waals surface area contributed by atoms with Gasteiger partial charge in [0.2, 0.25) is 5.95 Å². The van der Waals surface area contributed by atoms with Gasteiger partial charge in [-0.1, -0.05) is 6.07 Å². The Bertz CT molecular complexity index is 482. The maximum Gasteiger partial charge on any atom is 0.224 e. The van der Waals surface area contributed by atoms with Gasteiger partial charge < -0.3 is 15.0 Å². The van der Waals surface area contributed by atoms with Crippen molar-refractivity contribution in [3.63, 3.8) is 0 Å². The van der Waals surface area contributed by atoms with Crippen molar-refractivity contribution in [3.05, 3.63) is 36.5 Å². The summed E-state index contributed by atoms with van der Waals surface area (Å²) in [5.74, 6) is 2.24. The van der Waals surface area contributed by atoms with Crippen LogP contribution in [0.25, 0.3) is 0 Å². The number of ether oxygens (including phenoxy) is 1. The second kappa shape index (κ2) is 5.35. The van der Waals surface area contributed by atoms with Crippen LogP contribution in [-0.4, -0.2) is 31.2 Å². The highest BCUT2D eigenvalue weighted by molar-refractivity contribution is 5.61. The van der Waals surface area contributed by atoms with Gasteiger partial charge in [0, 0.05) is 32.0 Å². The molecule has 0 saturated heterocycles. The fourth-order valence-corrected chi connectivity index (χ4v) is 1.61. The molecule has 0 fully saturated rings. The first-order valence-corrected chi connectivity index (χ1v) is 5.63. The van der Waals surface area contributed by atoms with E-state index < -0.39 is 0 Å². The molecule has 5 heteroatoms. The number of nitrogens with zero attached hydrogens (tertiary/aromatic N) is 3. The first-order valence-electron chi connectivity index (χ1n) is 5.63. The Labute approximate surface area is 106 Å². The number of rotatable bonds is 4. The number of hydrogen-bond donors (Lipinski definition) is 1. The molecule has 0 aliphatic carbocycles. The van der Waals surface area contributed by atoms with Gasteiger partial charge in [0.15, 0.2) is 0 Å². The molecule has 0 spiro atoms. The predicted octanol–water partition coefficient (Wildman–Crippen LogP) is 2.29. The number of nitrogens with one attached hydrogen (secondary N) is 1. The molecule has 1 aromatic heterocycles. The number of benzene rings is 1. The van der Waals surface area contributed by atoms with E-state index in [0.29, 0.717) is 5.95 Å². The molecule has 5 nitrogen and oxygen atoms in total. The van der Waals surface area contributed by atoms with E-state index in [1.165, 1.54) is 0 Å². The number of aromatic nitrogens is 2. The van der Waals surface area contributed by atoms with E-state index in [2.05, 4.69) is 15.3 Å². The van der Waals surface area contributed by atoms with Gasteiger partial charge in [-0.05, 0) is 18.2 Å². The third-order valence-corrected chi connectivity index (χ3v) is 2.65. The zero-order valence-electron chi connectivity index (χ0n) is 10.7. The Balaban J connectivity index is 2.31. The van der Waals surface area contributed by atoms with Gasteiger partial charge in [0.25, 0.3) is 0 Å². The minimum absolute atomic E-state index is 0.599. The molecule has 0 atom stereocenters. The summed E-state index contributed by atoms with van der Waals surface area (Å²) >= 11 is 0. The Morgan fingerprint density at radius 2 is 2.11 bits per heavy atom. The van der Waals surface area contributed by atoms with Gasteiger partial charge in [0.1, 0.15) is 11.6 Å². The summed E-state index contributed by atoms with van der Waals surface area (Å²) in [5, 5.41) is 2.92. The molecule has 1 heterocycles. The maximum atomic E-state index is 5.21. The summed E-state index contributed by atoms with van der Waals surface area (Å²) in [6, 6.07) is 9.69. The highest BCUT2D eigenvalue weighted by atomic mass is 16.5. The topological polar surface area (TPSA) is 50.3 Å². The molecule has 94 valence electrons. The quantitative estimate of drug-likeness (QED) is 0.894. The zero-order valence-corrected chi connectivity index (χ0v) is 10.7. The molecule has 2 aromatic rings. The van der Waals surface area contributed by atoms with Crippen LogP contribution in [-0.2, 0) is 0 Å². The lowest BCUT2D eigenvalue weighted by molar-refractivity contribution is 0.415. The SMILES string of the molecule is CNc1nccc(N(C)c2cccc(OC)c2)n1. The lowest BCUT2D eigenvalue weighted by atomic mass is 10.3. The summed E-state index contributed by atoms with van der Waals surface area (Å²) < 4.78 is 5.21. The number of hydrogen-bond acceptors (Lipinski definition) is 5. The van der Waals surface area contributed by atoms with Crippen molar-refractivity contribution < 1.29 is 4.74 Å². The largest absolute Gasteiger partial charge is 0.497 e. The van der Waals surface area contributed by atoms with Crippen LogP contribution < -0.4 is 15.0 Å². The van der Waals surface area contributed by atoms with E-state index in [4.69, 9.17) is 4.74 Å². The van der Waals surface area contributed by atoms with Crippen LogP contribution in [0.2, 0.25) is 0 Å². The van der Waals surface area contributed by atoms with Crippen molar-refractivity contribution in [2.45, 2.75) is 0 Å². The third kappa shape index (κ3) is 2.51. The first-order chi connectivity index (χ1) is 8.74. The Morgan fingerprint density at radius 3 is 2.83 bits per heavy atom. The molecule has 0 bridgehead atoms. The Morgan fingerprint density at radius 1 is 1.28 bits per heavy atom. The molecule has 0 aliphatic rings. The Kier molecular flexibility index (Phi) is 3.62. The average Bonchev–Trinajstić information content (AvgIpc) is 2.46. The van der Waals surface area contributed by atoms with E-state index in [9.17, 15) is 0 Å². The molecule has 18 heavy (non-hydrogen) atoms. The minimum atomic E-state index is 0.599. The summed E-state index contributed by atoms with van der Waals surface area (Å²) in [5.41, 5.74) is 1.01. The van der Waals surface area contributed by atoms with Crippen molar-refractivity contribution in [1.82, 2.24) is 9.97 Å². The fraction of sp³-hybridized carbons (Fsp3) is 0.231. The third-order valence-electron chi connectivity index (χ3n) is 2.65. The smallest absolute Gasteiger partial charge is 0.224 e. The molecule has 0 saturated carbocycles. The molecule has 1 N–H and O–H groups in total. The van der Waals surface area contributed by atoms with Crippen molar-refractivity contribution in [3.8, 4) is 5.75 Å². The number of methoxy groups -OCH3 is 1. The summed E-state index contributed by atoms with van der Waals surface area (Å²) in [7, 11) is 5.41. The lowest BCUT2D eigenvalue weighted by Crippen LogP contribution is -2.12. The number of anilines is 3. The fourth-order valence-electron chi connectivity index (χ4n) is 1.61. The monoisotopic (exact) mass is 244 g/mol. The second-order valence-electron chi connectivity index (χ2n) is 3.75. The predicted molar refractivity (Wildman–Crippen MR) is 72.6 cm³/mol. The highest BCUT2D eigenvalue weighted by Gasteiger charge is 2.07. The van der Waals surface area contributed by atoms with Gasteiger partial charge in [-0.15, -0.1) is 0 Å². The molecule has 0 radical (unpaired) electrons. The summed E-state index contributed by atoms with van der Waals surface area (Å²) in [4.78, 5) is 10.5. The summed E-state index contributed by atoms with van der Waals surface area (Å²) in [6.45, 7) is 0. The van der Waals surface area contributed by atoms with Crippen molar-refractivity contribution >= 4 is 17.5 Å². The molecule has 0 amide bonds. The van der Waals surface area contributed by atoms with Gasteiger partial charge >= 0.3 is 0 Å². The van der Waals surface area contributed by atoms with Gasteiger partial charge in [0.05, 0.1) is 7.11 Å². The van der Waals surface area contributed by atoms with Crippen molar-refractivity contribution in [2.75, 3.05) is 31.4 Å². The maximum absolute atomic E-state index is 5.21. The standard InChI is InChI=1S/C13H16N4O/c1-14-13-15-8-7-12(16-13)17(2)10-5-4-6-11(9-10)18-3/h4-9H,1-3H3,(H,14,15,16). The first kappa shape index (κ1) is 12.2. The molecule has 2 rings (SSSR count). The van der Waals surface area contributed by atoms with Crippen LogP contribution in [0.4, 0.5) is 17.5 Å². The van der Waals surface area contributed by atoms with E-state index in [-0.39, 0.29) is 0 Å². The van der Waals surface area contributed by atoms with Gasteiger partial charge in [-0.3, -0.25) is 0 Å². The highest BCUT2D eigenvalue weighted by Crippen LogP contribution is 2.25. The van der Waals surface area contributed by atoms with E-state index in [1.54, 1.807) is 20.4 Å². The average molecular weight is 244 g/mol. The lowest BCUT2D eigenvalue weighted by Gasteiger charge is -2.19. The molecule has 0 aliphatic heterocycles. The van der Waals surface area contributed by atoms with E-state index in [1.807, 2.05) is 42.3 Å². The van der Waals surface area contributed by atoms with E-state index in [0.717, 1.165) is 17.3 Å². The summed E-state index contributed by atoms with van der Waals surface area (Å²) in [6.07, 6.45) is 1.73. The Hall–Kier alpha value is -2.30. The molecular formula is C13H16N4O. The molecular weight excluding hydrogens is 228 g/mol. The zero-order chi connectivity index (χ0) is 13.0. The van der Waals surface area contributed by atoms with E-state index >= 15 is 0 Å². The van der Waals surface area contributed by atoms with Crippen LogP contribution in [0.1, 0.15) is 0 Å². The normalized spacial score (nSPS) is 9.94. The van der Waals surface area contributed by atoms with Crippen LogP contribution in [0.3, 0.4) is 0 Å². The van der Waals surface area contributed by atoms with Crippen LogP contribution in [0.5, 0.6) is 5.75 Å². The van der Waals surface area contributed by atoms with Gasteiger partial charge in [-0.2, -0.15) is 4.98 Å². The molecule has 0 unspecified atom stereocenters. The molecule has 1 aromatic carbocycles. The van der Waals surface area contributed by atoms with Crippen LogP contribution in [0.15, 0.2) is 36.5 Å². The van der Waals surface area contributed by atoms with Crippen LogP contribution >= 0.6 is 0 Å². The van der Waals surface area contributed by atoms with Crippen LogP contribution in [0, 0.1) is 0 Å². The van der Waals surface area contributed by atoms with Gasteiger partial charge in [-0.25, -0.2) is 4.98 Å². The minimum Gasteiger partial charge on any atom is -0.497 e. The second-order valence-corrected chi connectivity index (χ2v) is 3.75.